The molecule has 3 aromatic carbocycles. The van der Waals surface area contributed by atoms with E-state index in [1.54, 1.807) is 12.1 Å². The van der Waals surface area contributed by atoms with Gasteiger partial charge in [0.05, 0.1) is 6.10 Å². The number of aliphatic hydroxyl groups is 1. The molecule has 0 aromatic heterocycles. The topological polar surface area (TPSA) is 29.5 Å². The van der Waals surface area contributed by atoms with Crippen LogP contribution in [0.4, 0.5) is 30.7 Å². The molecule has 3 aromatic rings. The second-order valence-corrected chi connectivity index (χ2v) is 8.25. The average molecular weight is 484 g/mol. The highest BCUT2D eigenvalue weighted by Crippen LogP contribution is 2.39. The minimum absolute atomic E-state index is 0.0460. The lowest BCUT2D eigenvalue weighted by atomic mass is 9.93. The van der Waals surface area contributed by atoms with E-state index in [0.29, 0.717) is 23.3 Å². The normalized spacial score (nSPS) is 15.5. The van der Waals surface area contributed by atoms with Crippen LogP contribution in [0.15, 0.2) is 48.5 Å². The molecular formula is C25H19F7O2. The second-order valence-electron chi connectivity index (χ2n) is 8.25. The van der Waals surface area contributed by atoms with Gasteiger partial charge >= 0.3 is 6.11 Å². The van der Waals surface area contributed by atoms with Crippen LogP contribution in [0.3, 0.4) is 0 Å². The Balaban J connectivity index is 1.59. The molecule has 2 nitrogen and oxygen atoms in total. The number of alkyl halides is 2. The molecule has 0 saturated heterocycles. The van der Waals surface area contributed by atoms with Crippen LogP contribution in [0.5, 0.6) is 5.75 Å². The molecule has 1 aliphatic carbocycles. The summed E-state index contributed by atoms with van der Waals surface area (Å²) in [5, 5.41) is 10.5. The molecule has 34 heavy (non-hydrogen) atoms. The Hall–Kier alpha value is -3.07. The summed E-state index contributed by atoms with van der Waals surface area (Å²) in [6, 6.07) is 7.86. The number of rotatable bonds is 6. The Morgan fingerprint density at radius 3 is 1.82 bits per heavy atom. The lowest BCUT2D eigenvalue weighted by molar-refractivity contribution is -0.189. The minimum Gasteiger partial charge on any atom is -0.429 e. The number of hydrogen-bond donors (Lipinski definition) is 1. The van der Waals surface area contributed by atoms with Gasteiger partial charge in [0.15, 0.2) is 17.5 Å². The highest BCUT2D eigenvalue weighted by atomic mass is 19.3. The van der Waals surface area contributed by atoms with E-state index in [2.05, 4.69) is 4.74 Å². The molecule has 1 saturated carbocycles. The standard InChI is InChI=1S/C25H19F7O2/c26-18-9-16(13-5-7-15(8-6-13)24(33)14-3-1-2-4-14)10-19(27)22(18)25(31,32)34-17-11-20(28)23(30)21(29)12-17/h5-12,14,24,33H,1-4H2. The quantitative estimate of drug-likeness (QED) is 0.292. The maximum Gasteiger partial charge on any atom is 0.432 e. The molecular weight excluding hydrogens is 465 g/mol. The Kier molecular flexibility index (Phi) is 6.58. The van der Waals surface area contributed by atoms with Crippen LogP contribution in [-0.4, -0.2) is 5.11 Å². The molecule has 1 fully saturated rings. The highest BCUT2D eigenvalue weighted by Gasteiger charge is 2.41. The Morgan fingerprint density at radius 1 is 0.765 bits per heavy atom. The molecule has 180 valence electrons. The summed E-state index contributed by atoms with van der Waals surface area (Å²) in [4.78, 5) is 0. The number of halogens is 7. The van der Waals surface area contributed by atoms with Crippen molar-refractivity contribution in [3.05, 3.63) is 88.7 Å². The van der Waals surface area contributed by atoms with Gasteiger partial charge in [-0.2, -0.15) is 8.78 Å². The maximum absolute atomic E-state index is 14.6. The fourth-order valence-corrected chi connectivity index (χ4v) is 4.23. The van der Waals surface area contributed by atoms with Crippen LogP contribution in [-0.2, 0) is 6.11 Å². The number of hydrogen-bond acceptors (Lipinski definition) is 2. The Bertz CT molecular complexity index is 1140. The van der Waals surface area contributed by atoms with Gasteiger partial charge < -0.3 is 9.84 Å². The van der Waals surface area contributed by atoms with Crippen molar-refractivity contribution < 1.29 is 40.6 Å². The smallest absolute Gasteiger partial charge is 0.429 e. The van der Waals surface area contributed by atoms with E-state index in [4.69, 9.17) is 0 Å². The first-order chi connectivity index (χ1) is 16.1. The van der Waals surface area contributed by atoms with Crippen LogP contribution in [0.1, 0.15) is 42.9 Å². The molecule has 4 rings (SSSR count). The molecule has 9 heteroatoms. The molecule has 0 spiro atoms. The fraction of sp³-hybridized carbons (Fsp3) is 0.280. The van der Waals surface area contributed by atoms with E-state index in [0.717, 1.165) is 25.7 Å². The predicted octanol–water partition coefficient (Wildman–Crippen LogP) is 7.40. The maximum atomic E-state index is 14.6. The van der Waals surface area contributed by atoms with Crippen molar-refractivity contribution in [3.8, 4) is 16.9 Å². The van der Waals surface area contributed by atoms with Crippen LogP contribution in [0.25, 0.3) is 11.1 Å². The summed E-state index contributed by atoms with van der Waals surface area (Å²) in [6.45, 7) is 0. The number of benzene rings is 3. The first-order valence-electron chi connectivity index (χ1n) is 10.6. The van der Waals surface area contributed by atoms with Crippen molar-refractivity contribution in [1.29, 1.82) is 0 Å². The predicted molar refractivity (Wildman–Crippen MR) is 110 cm³/mol. The van der Waals surface area contributed by atoms with Crippen molar-refractivity contribution in [3.63, 3.8) is 0 Å². The first kappa shape index (κ1) is 24.1. The fourth-order valence-electron chi connectivity index (χ4n) is 4.23. The third-order valence-corrected chi connectivity index (χ3v) is 5.97. The zero-order valence-electron chi connectivity index (χ0n) is 17.6. The lowest BCUT2D eigenvalue weighted by Crippen LogP contribution is -2.25. The van der Waals surface area contributed by atoms with E-state index in [9.17, 15) is 35.8 Å². The molecule has 1 aliphatic rings. The van der Waals surface area contributed by atoms with Gasteiger partial charge in [0.25, 0.3) is 0 Å². The SMILES string of the molecule is OC(c1ccc(-c2cc(F)c(C(F)(F)Oc3cc(F)c(F)c(F)c3)c(F)c2)cc1)C1CCCC1. The van der Waals surface area contributed by atoms with Crippen molar-refractivity contribution >= 4 is 0 Å². The van der Waals surface area contributed by atoms with Gasteiger partial charge in [0, 0.05) is 12.1 Å². The van der Waals surface area contributed by atoms with Gasteiger partial charge in [-0.3, -0.25) is 0 Å². The van der Waals surface area contributed by atoms with Gasteiger partial charge in [-0.15, -0.1) is 0 Å². The minimum atomic E-state index is -4.65. The largest absolute Gasteiger partial charge is 0.432 e. The van der Waals surface area contributed by atoms with Crippen LogP contribution in [0.2, 0.25) is 0 Å². The highest BCUT2D eigenvalue weighted by molar-refractivity contribution is 5.64. The Labute approximate surface area is 190 Å². The van der Waals surface area contributed by atoms with Crippen molar-refractivity contribution in [2.75, 3.05) is 0 Å². The first-order valence-corrected chi connectivity index (χ1v) is 10.6. The molecule has 0 aliphatic heterocycles. The van der Waals surface area contributed by atoms with Crippen molar-refractivity contribution in [2.24, 2.45) is 5.92 Å². The third-order valence-electron chi connectivity index (χ3n) is 5.97. The Morgan fingerprint density at radius 2 is 1.29 bits per heavy atom. The molecule has 1 atom stereocenters. The summed E-state index contributed by atoms with van der Waals surface area (Å²) in [5.74, 6) is -9.83. The molecule has 0 bridgehead atoms. The van der Waals surface area contributed by atoms with E-state index >= 15 is 0 Å². The molecule has 0 radical (unpaired) electrons. The summed E-state index contributed by atoms with van der Waals surface area (Å²) in [5.41, 5.74) is -0.851. The molecule has 1 N–H and O–H groups in total. The van der Waals surface area contributed by atoms with Crippen LogP contribution in [0, 0.1) is 35.0 Å². The monoisotopic (exact) mass is 484 g/mol. The van der Waals surface area contributed by atoms with Gasteiger partial charge in [0.2, 0.25) is 0 Å². The summed E-state index contributed by atoms with van der Waals surface area (Å²) in [6.07, 6.45) is -1.40. The number of ether oxygens (including phenoxy) is 1. The molecule has 1 unspecified atom stereocenters. The zero-order valence-corrected chi connectivity index (χ0v) is 17.6. The average Bonchev–Trinajstić information content (AvgIpc) is 3.31. The molecule has 0 heterocycles. The van der Waals surface area contributed by atoms with Crippen molar-refractivity contribution in [1.82, 2.24) is 0 Å². The second kappa shape index (κ2) is 9.29. The van der Waals surface area contributed by atoms with E-state index < -0.39 is 52.6 Å². The number of aliphatic hydroxyl groups excluding tert-OH is 1. The van der Waals surface area contributed by atoms with Gasteiger partial charge in [-0.05, 0) is 47.6 Å². The van der Waals surface area contributed by atoms with E-state index in [-0.39, 0.29) is 23.6 Å². The third kappa shape index (κ3) is 4.75. The molecule has 0 amide bonds. The van der Waals surface area contributed by atoms with Gasteiger partial charge in [0.1, 0.15) is 22.9 Å². The summed E-state index contributed by atoms with van der Waals surface area (Å²) >= 11 is 0. The van der Waals surface area contributed by atoms with Crippen LogP contribution < -0.4 is 4.74 Å². The van der Waals surface area contributed by atoms with E-state index in [1.165, 1.54) is 12.1 Å². The van der Waals surface area contributed by atoms with Gasteiger partial charge in [-0.1, -0.05) is 37.1 Å². The zero-order chi connectivity index (χ0) is 24.6. The van der Waals surface area contributed by atoms with E-state index in [1.807, 2.05) is 0 Å². The van der Waals surface area contributed by atoms with Gasteiger partial charge in [-0.25, -0.2) is 22.0 Å². The summed E-state index contributed by atoms with van der Waals surface area (Å²) < 4.78 is 102. The summed E-state index contributed by atoms with van der Waals surface area (Å²) in [7, 11) is 0. The van der Waals surface area contributed by atoms with Crippen LogP contribution >= 0.6 is 0 Å². The van der Waals surface area contributed by atoms with Crippen molar-refractivity contribution in [2.45, 2.75) is 37.9 Å². The lowest BCUT2D eigenvalue weighted by Gasteiger charge is -2.20.